The van der Waals surface area contributed by atoms with Crippen LogP contribution in [0, 0.1) is 0 Å². The monoisotopic (exact) mass is 186 g/mol. The van der Waals surface area contributed by atoms with Crippen LogP contribution in [0.1, 0.15) is 0 Å². The molecule has 1 unspecified atom stereocenters. The maximum atomic E-state index is 10.1. The fourth-order valence-corrected chi connectivity index (χ4v) is 0.744. The predicted molar refractivity (Wildman–Crippen MR) is 45.8 cm³/mol. The molecule has 0 spiro atoms. The number of nitrogens with two attached hydrogens (primary N) is 2. The summed E-state index contributed by atoms with van der Waals surface area (Å²) in [5.74, 6) is -0.719. The van der Waals surface area contributed by atoms with Crippen LogP contribution in [0.25, 0.3) is 0 Å². The average molecular weight is 186 g/mol. The van der Waals surface area contributed by atoms with Gasteiger partial charge in [0, 0.05) is 0 Å². The summed E-state index contributed by atoms with van der Waals surface area (Å²) in [6.45, 7) is -0.352. The van der Waals surface area contributed by atoms with Crippen molar-refractivity contribution >= 4 is 17.9 Å². The normalized spacial score (nSPS) is 24.5. The van der Waals surface area contributed by atoms with Crippen molar-refractivity contribution in [1.29, 1.82) is 0 Å². The van der Waals surface area contributed by atoms with Gasteiger partial charge in [-0.05, 0) is 0 Å². The molecule has 0 aliphatic carbocycles. The van der Waals surface area contributed by atoms with E-state index in [0.717, 1.165) is 0 Å². The molecular weight excluding hydrogens is 176 g/mol. The number of hydrogen-bond donors (Lipinski definition) is 5. The number of aliphatic carboxylic acids is 1. The topological polar surface area (TPSA) is 138 Å². The molecule has 72 valence electrons. The largest absolute Gasteiger partial charge is 0.480 e. The van der Waals surface area contributed by atoms with E-state index in [1.54, 1.807) is 0 Å². The van der Waals surface area contributed by atoms with Crippen molar-refractivity contribution in [1.82, 2.24) is 10.6 Å². The molecule has 0 saturated carbocycles. The smallest absolute Gasteiger partial charge is 0.325 e. The van der Waals surface area contributed by atoms with Crippen LogP contribution >= 0.6 is 0 Å². The zero-order valence-electron chi connectivity index (χ0n) is 6.69. The zero-order chi connectivity index (χ0) is 9.84. The fourth-order valence-electron chi connectivity index (χ4n) is 0.744. The molecule has 1 heterocycles. The lowest BCUT2D eigenvalue weighted by Gasteiger charge is -2.20. The first-order valence-corrected chi connectivity index (χ1v) is 3.46. The Bertz CT molecular complexity index is 272. The molecule has 1 aliphatic rings. The lowest BCUT2D eigenvalue weighted by Crippen LogP contribution is -2.56. The minimum atomic E-state index is -1.04. The Kier molecular flexibility index (Phi) is 2.65. The number of carboxylic acid groups (broad SMARTS) is 1. The highest BCUT2D eigenvalue weighted by atomic mass is 16.4. The van der Waals surface area contributed by atoms with Crippen molar-refractivity contribution in [2.24, 2.45) is 21.5 Å². The molecule has 0 aromatic rings. The van der Waals surface area contributed by atoms with E-state index in [9.17, 15) is 4.79 Å². The maximum absolute atomic E-state index is 10.1. The predicted octanol–water partition coefficient (Wildman–Crippen LogP) is -2.82. The lowest BCUT2D eigenvalue weighted by atomic mass is 10.6. The summed E-state index contributed by atoms with van der Waals surface area (Å²) in [6, 6.07) is 0. The third-order valence-electron chi connectivity index (χ3n) is 1.18. The van der Waals surface area contributed by atoms with Gasteiger partial charge in [-0.15, -0.1) is 0 Å². The molecule has 0 aromatic carbocycles. The van der Waals surface area contributed by atoms with Gasteiger partial charge in [0.2, 0.25) is 5.96 Å². The van der Waals surface area contributed by atoms with E-state index in [4.69, 9.17) is 16.6 Å². The average Bonchev–Trinajstić information content (AvgIpc) is 1.99. The summed E-state index contributed by atoms with van der Waals surface area (Å²) in [6.07, 6.45) is -0.686. The Morgan fingerprint density at radius 3 is 3.00 bits per heavy atom. The summed E-state index contributed by atoms with van der Waals surface area (Å²) in [7, 11) is 0. The molecule has 1 atom stereocenters. The highest BCUT2D eigenvalue weighted by molar-refractivity contribution is 6.00. The van der Waals surface area contributed by atoms with E-state index in [2.05, 4.69) is 20.6 Å². The number of nitrogens with one attached hydrogen (secondary N) is 2. The van der Waals surface area contributed by atoms with Crippen molar-refractivity contribution < 1.29 is 9.90 Å². The lowest BCUT2D eigenvalue weighted by molar-refractivity contribution is -0.135. The van der Waals surface area contributed by atoms with Crippen molar-refractivity contribution in [3.8, 4) is 0 Å². The fraction of sp³-hybridized carbons (Fsp3) is 0.400. The van der Waals surface area contributed by atoms with Crippen LogP contribution in [0.4, 0.5) is 0 Å². The number of hydrogen-bond acceptors (Lipinski definition) is 5. The molecule has 0 aromatic heterocycles. The molecule has 0 bridgehead atoms. The second-order valence-corrected chi connectivity index (χ2v) is 2.29. The van der Waals surface area contributed by atoms with Gasteiger partial charge in [0.1, 0.15) is 6.54 Å². The third-order valence-corrected chi connectivity index (χ3v) is 1.18. The molecule has 8 heteroatoms. The van der Waals surface area contributed by atoms with Gasteiger partial charge in [0.05, 0.1) is 0 Å². The van der Waals surface area contributed by atoms with Gasteiger partial charge in [-0.3, -0.25) is 15.8 Å². The molecular formula is C5H10N6O2. The summed E-state index contributed by atoms with van der Waals surface area (Å²) < 4.78 is 0. The highest BCUT2D eigenvalue weighted by Gasteiger charge is 2.12. The second-order valence-electron chi connectivity index (χ2n) is 2.29. The number of rotatable bonds is 2. The van der Waals surface area contributed by atoms with Gasteiger partial charge in [0.15, 0.2) is 12.2 Å². The quantitative estimate of drug-likeness (QED) is 0.315. The molecule has 0 fully saturated rings. The molecule has 0 radical (unpaired) electrons. The van der Waals surface area contributed by atoms with Gasteiger partial charge in [-0.25, -0.2) is 9.98 Å². The number of nitrogens with zero attached hydrogens (tertiary/aromatic N) is 2. The third kappa shape index (κ3) is 2.95. The van der Waals surface area contributed by atoms with E-state index in [-0.39, 0.29) is 18.5 Å². The first kappa shape index (κ1) is 9.26. The Morgan fingerprint density at radius 2 is 2.46 bits per heavy atom. The first-order valence-electron chi connectivity index (χ1n) is 3.46. The Hall–Kier alpha value is -1.83. The van der Waals surface area contributed by atoms with Crippen LogP contribution in [-0.4, -0.2) is 35.8 Å². The van der Waals surface area contributed by atoms with Gasteiger partial charge >= 0.3 is 5.97 Å². The van der Waals surface area contributed by atoms with E-state index >= 15 is 0 Å². The Morgan fingerprint density at radius 1 is 1.77 bits per heavy atom. The van der Waals surface area contributed by atoms with Crippen molar-refractivity contribution in [2.75, 3.05) is 6.54 Å². The first-order chi connectivity index (χ1) is 6.08. The van der Waals surface area contributed by atoms with E-state index in [1.165, 1.54) is 0 Å². The molecule has 0 amide bonds. The van der Waals surface area contributed by atoms with Crippen LogP contribution in [0.15, 0.2) is 9.98 Å². The van der Waals surface area contributed by atoms with Crippen LogP contribution < -0.4 is 22.1 Å². The minimum absolute atomic E-state index is 0.107. The number of carboxylic acids is 1. The Balaban J connectivity index is 2.59. The van der Waals surface area contributed by atoms with Crippen LogP contribution in [0.3, 0.4) is 0 Å². The molecule has 1 aliphatic heterocycles. The summed E-state index contributed by atoms with van der Waals surface area (Å²) in [5.41, 5.74) is 10.7. The Labute approximate surface area is 73.7 Å². The standard InChI is InChI=1S/C5H10N6O2/c6-3-9-4(7)11-5(10-3)8-1-2(12)13/h3H,1,6H2,(H,12,13)(H4,7,8,9,10,11). The van der Waals surface area contributed by atoms with E-state index < -0.39 is 12.3 Å². The number of carbonyl (C=O) groups is 1. The van der Waals surface area contributed by atoms with Crippen LogP contribution in [0.5, 0.6) is 0 Å². The van der Waals surface area contributed by atoms with E-state index in [1.807, 2.05) is 0 Å². The molecule has 0 saturated heterocycles. The molecule has 8 nitrogen and oxygen atoms in total. The number of aliphatic imine (C=N–C) groups is 2. The van der Waals surface area contributed by atoms with Gasteiger partial charge in [-0.1, -0.05) is 0 Å². The minimum Gasteiger partial charge on any atom is -0.480 e. The molecule has 7 N–H and O–H groups in total. The van der Waals surface area contributed by atoms with Crippen molar-refractivity contribution in [3.63, 3.8) is 0 Å². The van der Waals surface area contributed by atoms with Crippen LogP contribution in [0.2, 0.25) is 0 Å². The van der Waals surface area contributed by atoms with Crippen molar-refractivity contribution in [3.05, 3.63) is 0 Å². The molecule has 1 rings (SSSR count). The van der Waals surface area contributed by atoms with Crippen molar-refractivity contribution in [2.45, 2.75) is 6.29 Å². The highest BCUT2D eigenvalue weighted by Crippen LogP contribution is 1.84. The van der Waals surface area contributed by atoms with E-state index in [0.29, 0.717) is 0 Å². The maximum Gasteiger partial charge on any atom is 0.325 e. The van der Waals surface area contributed by atoms with Gasteiger partial charge in [-0.2, -0.15) is 0 Å². The van der Waals surface area contributed by atoms with Crippen LogP contribution in [-0.2, 0) is 4.79 Å². The summed E-state index contributed by atoms with van der Waals surface area (Å²) in [4.78, 5) is 17.5. The SMILES string of the molecule is NC1=NC(N)NC(=NCC(=O)O)N1. The van der Waals surface area contributed by atoms with Gasteiger partial charge in [0.25, 0.3) is 0 Å². The molecule has 13 heavy (non-hydrogen) atoms. The zero-order valence-corrected chi connectivity index (χ0v) is 6.69. The number of guanidine groups is 2. The summed E-state index contributed by atoms with van der Waals surface area (Å²) >= 11 is 0. The van der Waals surface area contributed by atoms with Gasteiger partial charge < -0.3 is 16.2 Å². The second kappa shape index (κ2) is 3.72. The summed E-state index contributed by atoms with van der Waals surface area (Å²) in [5, 5.41) is 13.4.